The third-order valence-corrected chi connectivity index (χ3v) is 4.62. The highest BCUT2D eigenvalue weighted by atomic mass is 16.2. The molecule has 3 aromatic heterocycles. The summed E-state index contributed by atoms with van der Waals surface area (Å²) < 4.78 is 1.73. The van der Waals surface area contributed by atoms with E-state index in [1.807, 2.05) is 32.1 Å². The van der Waals surface area contributed by atoms with Gasteiger partial charge in [0.2, 0.25) is 11.9 Å². The molecule has 1 fully saturated rings. The Bertz CT molecular complexity index is 929. The van der Waals surface area contributed by atoms with Gasteiger partial charge in [0.1, 0.15) is 22.8 Å². The summed E-state index contributed by atoms with van der Waals surface area (Å²) in [4.78, 5) is 25.4. The van der Waals surface area contributed by atoms with Crippen molar-refractivity contribution in [3.05, 3.63) is 18.6 Å². The van der Waals surface area contributed by atoms with Crippen LogP contribution in [0.2, 0.25) is 0 Å². The van der Waals surface area contributed by atoms with Crippen molar-refractivity contribution in [2.45, 2.75) is 19.4 Å². The zero-order valence-corrected chi connectivity index (χ0v) is 14.5. The van der Waals surface area contributed by atoms with Crippen molar-refractivity contribution in [3.63, 3.8) is 0 Å². The van der Waals surface area contributed by atoms with Crippen molar-refractivity contribution in [3.8, 4) is 11.3 Å². The molecule has 0 radical (unpaired) electrons. The predicted octanol–water partition coefficient (Wildman–Crippen LogP) is 0.810. The van der Waals surface area contributed by atoms with Gasteiger partial charge in [-0.1, -0.05) is 6.92 Å². The summed E-state index contributed by atoms with van der Waals surface area (Å²) in [7, 11) is 3.70. The number of hydrogen-bond acceptors (Lipinski definition) is 6. The molecule has 1 aliphatic heterocycles. The molecule has 0 saturated carbocycles. The molecule has 9 heteroatoms. The maximum atomic E-state index is 12.4. The average molecular weight is 340 g/mol. The van der Waals surface area contributed by atoms with Crippen LogP contribution in [0.3, 0.4) is 0 Å². The number of fused-ring (bicyclic) bond motifs is 1. The van der Waals surface area contributed by atoms with E-state index in [9.17, 15) is 4.79 Å². The first kappa shape index (κ1) is 15.6. The van der Waals surface area contributed by atoms with Crippen molar-refractivity contribution in [2.24, 2.45) is 7.05 Å². The van der Waals surface area contributed by atoms with E-state index in [4.69, 9.17) is 4.98 Å². The summed E-state index contributed by atoms with van der Waals surface area (Å²) in [6.07, 6.45) is 6.09. The molecule has 1 aliphatic rings. The summed E-state index contributed by atoms with van der Waals surface area (Å²) in [5, 5.41) is 11.5. The molecule has 0 spiro atoms. The highest BCUT2D eigenvalue weighted by molar-refractivity contribution is 5.90. The third-order valence-electron chi connectivity index (χ3n) is 4.62. The molecule has 1 saturated heterocycles. The van der Waals surface area contributed by atoms with Crippen LogP contribution >= 0.6 is 0 Å². The number of amides is 1. The lowest BCUT2D eigenvalue weighted by Crippen LogP contribution is -2.56. The Morgan fingerprint density at radius 1 is 1.28 bits per heavy atom. The first-order valence-electron chi connectivity index (χ1n) is 8.30. The molecular formula is C16H20N8O. The summed E-state index contributed by atoms with van der Waals surface area (Å²) in [6.45, 7) is 3.39. The Labute approximate surface area is 144 Å². The van der Waals surface area contributed by atoms with E-state index in [2.05, 4.69) is 20.3 Å². The standard InChI is InChI=1S/C16H20N8O/c1-4-12-15(25)22(2)5-6-24(12)16-17-8-11-14(19-16)13(21-20-11)10-7-18-23(3)9-10/h7-9,12H,4-6H2,1-3H3,(H,20,21). The van der Waals surface area contributed by atoms with Crippen LogP contribution in [0.1, 0.15) is 13.3 Å². The number of H-pyrrole nitrogens is 1. The van der Waals surface area contributed by atoms with Crippen LogP contribution in [-0.2, 0) is 11.8 Å². The Morgan fingerprint density at radius 3 is 2.84 bits per heavy atom. The molecule has 1 N–H and O–H groups in total. The fraction of sp³-hybridized carbons (Fsp3) is 0.438. The number of rotatable bonds is 3. The van der Waals surface area contributed by atoms with Crippen LogP contribution in [-0.4, -0.2) is 66.9 Å². The van der Waals surface area contributed by atoms with Gasteiger partial charge in [-0.3, -0.25) is 14.6 Å². The lowest BCUT2D eigenvalue weighted by molar-refractivity contribution is -0.132. The first-order valence-corrected chi connectivity index (χ1v) is 8.30. The minimum Gasteiger partial charge on any atom is -0.342 e. The van der Waals surface area contributed by atoms with Crippen molar-refractivity contribution in [2.75, 3.05) is 25.0 Å². The van der Waals surface area contributed by atoms with Crippen molar-refractivity contribution >= 4 is 22.9 Å². The van der Waals surface area contributed by atoms with Crippen LogP contribution in [0.15, 0.2) is 18.6 Å². The number of nitrogens with zero attached hydrogens (tertiary/aromatic N) is 7. The van der Waals surface area contributed by atoms with Crippen LogP contribution in [0.25, 0.3) is 22.3 Å². The molecular weight excluding hydrogens is 320 g/mol. The van der Waals surface area contributed by atoms with E-state index in [0.717, 1.165) is 22.3 Å². The number of aryl methyl sites for hydroxylation is 1. The Hall–Kier alpha value is -2.97. The lowest BCUT2D eigenvalue weighted by atomic mass is 10.1. The number of carbonyl (C=O) groups excluding carboxylic acids is 1. The minimum atomic E-state index is -0.232. The number of anilines is 1. The van der Waals surface area contributed by atoms with Crippen LogP contribution < -0.4 is 4.90 Å². The summed E-state index contributed by atoms with van der Waals surface area (Å²) in [6, 6.07) is -0.232. The number of carbonyl (C=O) groups is 1. The number of nitrogens with one attached hydrogen (secondary N) is 1. The van der Waals surface area contributed by atoms with Crippen molar-refractivity contribution in [1.29, 1.82) is 0 Å². The quantitative estimate of drug-likeness (QED) is 0.758. The number of likely N-dealkylation sites (N-methyl/N-ethyl adjacent to an activating group) is 1. The lowest BCUT2D eigenvalue weighted by Gasteiger charge is -2.38. The van der Waals surface area contributed by atoms with E-state index >= 15 is 0 Å². The predicted molar refractivity (Wildman–Crippen MR) is 92.9 cm³/mol. The largest absolute Gasteiger partial charge is 0.342 e. The molecule has 3 aromatic rings. The van der Waals surface area contributed by atoms with Gasteiger partial charge in [-0.15, -0.1) is 0 Å². The van der Waals surface area contributed by atoms with Gasteiger partial charge in [0.25, 0.3) is 0 Å². The number of hydrogen-bond donors (Lipinski definition) is 1. The Balaban J connectivity index is 1.77. The Morgan fingerprint density at radius 2 is 2.12 bits per heavy atom. The molecule has 9 nitrogen and oxygen atoms in total. The maximum Gasteiger partial charge on any atom is 0.245 e. The summed E-state index contributed by atoms with van der Waals surface area (Å²) in [5.74, 6) is 0.671. The topological polar surface area (TPSA) is 95.8 Å². The average Bonchev–Trinajstić information content (AvgIpc) is 3.22. The van der Waals surface area contributed by atoms with Gasteiger partial charge in [-0.05, 0) is 6.42 Å². The fourth-order valence-corrected chi connectivity index (χ4v) is 3.23. The maximum absolute atomic E-state index is 12.4. The van der Waals surface area contributed by atoms with Gasteiger partial charge >= 0.3 is 0 Å². The zero-order chi connectivity index (χ0) is 17.6. The van der Waals surface area contributed by atoms with E-state index in [-0.39, 0.29) is 11.9 Å². The van der Waals surface area contributed by atoms with Gasteiger partial charge in [0.15, 0.2) is 0 Å². The minimum absolute atomic E-state index is 0.108. The summed E-state index contributed by atoms with van der Waals surface area (Å²) >= 11 is 0. The second-order valence-electron chi connectivity index (χ2n) is 6.28. The van der Waals surface area contributed by atoms with Crippen LogP contribution in [0, 0.1) is 0 Å². The summed E-state index contributed by atoms with van der Waals surface area (Å²) in [5.41, 5.74) is 3.12. The Kier molecular flexibility index (Phi) is 3.63. The molecule has 0 bridgehead atoms. The highest BCUT2D eigenvalue weighted by Gasteiger charge is 2.33. The monoisotopic (exact) mass is 340 g/mol. The first-order chi connectivity index (χ1) is 12.1. The molecule has 4 heterocycles. The molecule has 4 rings (SSSR count). The second kappa shape index (κ2) is 5.83. The molecule has 130 valence electrons. The molecule has 1 amide bonds. The van der Waals surface area contributed by atoms with E-state index in [1.54, 1.807) is 22.0 Å². The van der Waals surface area contributed by atoms with E-state index in [1.165, 1.54) is 0 Å². The van der Waals surface area contributed by atoms with Gasteiger partial charge in [-0.2, -0.15) is 10.2 Å². The van der Waals surface area contributed by atoms with Gasteiger partial charge < -0.3 is 9.80 Å². The number of piperazine rings is 1. The molecule has 0 aliphatic carbocycles. The second-order valence-corrected chi connectivity index (χ2v) is 6.28. The molecule has 25 heavy (non-hydrogen) atoms. The van der Waals surface area contributed by atoms with Crippen LogP contribution in [0.5, 0.6) is 0 Å². The van der Waals surface area contributed by atoms with Gasteiger partial charge in [0.05, 0.1) is 12.4 Å². The molecule has 0 aromatic carbocycles. The van der Waals surface area contributed by atoms with E-state index < -0.39 is 0 Å². The number of aromatic amines is 1. The van der Waals surface area contributed by atoms with Crippen molar-refractivity contribution in [1.82, 2.24) is 34.8 Å². The molecule has 1 atom stereocenters. The van der Waals surface area contributed by atoms with Crippen molar-refractivity contribution < 1.29 is 4.79 Å². The zero-order valence-electron chi connectivity index (χ0n) is 14.5. The molecule has 1 unspecified atom stereocenters. The SMILES string of the molecule is CCC1C(=O)N(C)CCN1c1ncc2[nH]nc(-c3cnn(C)c3)c2n1. The normalized spacial score (nSPS) is 18.4. The smallest absolute Gasteiger partial charge is 0.245 e. The van der Waals surface area contributed by atoms with E-state index in [0.29, 0.717) is 25.5 Å². The fourth-order valence-electron chi connectivity index (χ4n) is 3.23. The van der Waals surface area contributed by atoms with Gasteiger partial charge in [0, 0.05) is 38.9 Å². The third kappa shape index (κ3) is 2.51. The van der Waals surface area contributed by atoms with Gasteiger partial charge in [-0.25, -0.2) is 9.97 Å². The van der Waals surface area contributed by atoms with Crippen LogP contribution in [0.4, 0.5) is 5.95 Å². The number of aromatic nitrogens is 6. The highest BCUT2D eigenvalue weighted by Crippen LogP contribution is 2.27.